The molecular weight excluding hydrogens is 546 g/mol. The van der Waals surface area contributed by atoms with Crippen LogP contribution < -0.4 is 10.1 Å². The zero-order valence-electron chi connectivity index (χ0n) is 25.0. The number of fused-ring (bicyclic) bond motifs is 5. The Morgan fingerprint density at radius 3 is 2.60 bits per heavy atom. The Balaban J connectivity index is 1.40. The van der Waals surface area contributed by atoms with Crippen molar-refractivity contribution in [3.8, 4) is 5.88 Å². The van der Waals surface area contributed by atoms with Crippen molar-refractivity contribution in [3.63, 3.8) is 0 Å². The Labute approximate surface area is 251 Å². The van der Waals surface area contributed by atoms with Gasteiger partial charge >= 0.3 is 12.1 Å². The molecule has 9 heteroatoms. The van der Waals surface area contributed by atoms with E-state index in [-0.39, 0.29) is 36.8 Å². The van der Waals surface area contributed by atoms with Crippen LogP contribution in [0.4, 0.5) is 4.79 Å². The van der Waals surface area contributed by atoms with Gasteiger partial charge in [0.1, 0.15) is 18.2 Å². The summed E-state index contributed by atoms with van der Waals surface area (Å²) < 4.78 is 12.2. The maximum atomic E-state index is 14.1. The highest BCUT2D eigenvalue weighted by Gasteiger charge is 2.45. The molecule has 228 valence electrons. The van der Waals surface area contributed by atoms with Crippen molar-refractivity contribution < 1.29 is 29.0 Å². The number of benzene rings is 2. The van der Waals surface area contributed by atoms with E-state index in [9.17, 15) is 19.5 Å². The summed E-state index contributed by atoms with van der Waals surface area (Å²) in [5.74, 6) is -1.10. The molecule has 3 aromatic rings. The van der Waals surface area contributed by atoms with Gasteiger partial charge in [-0.15, -0.1) is 0 Å². The highest BCUT2D eigenvalue weighted by molar-refractivity contribution is 6.08. The quantitative estimate of drug-likeness (QED) is 0.361. The van der Waals surface area contributed by atoms with Gasteiger partial charge in [-0.2, -0.15) is 0 Å². The number of hydrogen-bond donors (Lipinski definition) is 2. The lowest BCUT2D eigenvalue weighted by atomic mass is 9.83. The van der Waals surface area contributed by atoms with Crippen molar-refractivity contribution in [2.75, 3.05) is 13.2 Å². The summed E-state index contributed by atoms with van der Waals surface area (Å²) in [6, 6.07) is 12.4. The highest BCUT2D eigenvalue weighted by atomic mass is 16.5. The Kier molecular flexibility index (Phi) is 8.16. The molecule has 2 amide bonds. The van der Waals surface area contributed by atoms with Gasteiger partial charge in [0.25, 0.3) is 0 Å². The third-order valence-electron chi connectivity index (χ3n) is 9.41. The Morgan fingerprint density at radius 2 is 1.81 bits per heavy atom. The number of amides is 2. The molecule has 2 aliphatic heterocycles. The number of hydrogen-bond acceptors (Lipinski definition) is 6. The van der Waals surface area contributed by atoms with Crippen molar-refractivity contribution in [1.29, 1.82) is 0 Å². The van der Waals surface area contributed by atoms with Crippen molar-refractivity contribution in [2.24, 2.45) is 11.3 Å². The summed E-state index contributed by atoms with van der Waals surface area (Å²) >= 11 is 0. The third-order valence-corrected chi connectivity index (χ3v) is 9.41. The smallest absolute Gasteiger partial charge is 0.407 e. The zero-order chi connectivity index (χ0) is 30.1. The third kappa shape index (κ3) is 6.26. The van der Waals surface area contributed by atoms with E-state index in [1.807, 2.05) is 24.3 Å². The van der Waals surface area contributed by atoms with Gasteiger partial charge in [-0.1, -0.05) is 63.4 Å². The van der Waals surface area contributed by atoms with Crippen molar-refractivity contribution in [2.45, 2.75) is 89.8 Å². The molecule has 3 heterocycles. The van der Waals surface area contributed by atoms with E-state index < -0.39 is 30.3 Å². The molecule has 0 spiro atoms. The number of rotatable bonds is 2. The Morgan fingerprint density at radius 1 is 1.02 bits per heavy atom. The van der Waals surface area contributed by atoms with Crippen LogP contribution in [0.2, 0.25) is 0 Å². The first kappa shape index (κ1) is 29.2. The minimum Gasteiger partial charge on any atom is -0.480 e. The SMILES string of the molecule is CC1(C)CCCc2ccc3c(c2)c(nc2ccccc23)O[C@@H]2C[C@@H](C(=O)O)N(C2)C(=O)[C@H](C2CCCCC2)NC(=O)OC1. The summed E-state index contributed by atoms with van der Waals surface area (Å²) in [7, 11) is 0. The second-order valence-corrected chi connectivity index (χ2v) is 13.2. The van der Waals surface area contributed by atoms with Gasteiger partial charge in [0.2, 0.25) is 11.8 Å². The number of aryl methyl sites for hydroxylation is 1. The molecule has 6 rings (SSSR count). The Bertz CT molecular complexity index is 1530. The van der Waals surface area contributed by atoms with Crippen LogP contribution in [0, 0.1) is 11.3 Å². The van der Waals surface area contributed by atoms with E-state index in [2.05, 4.69) is 37.4 Å². The topological polar surface area (TPSA) is 118 Å². The van der Waals surface area contributed by atoms with Crippen LogP contribution >= 0.6 is 0 Å². The van der Waals surface area contributed by atoms with Gasteiger partial charge in [-0.05, 0) is 66.5 Å². The molecule has 1 aromatic heterocycles. The van der Waals surface area contributed by atoms with E-state index in [0.717, 1.165) is 78.6 Å². The van der Waals surface area contributed by atoms with Crippen LogP contribution in [-0.2, 0) is 20.7 Å². The molecule has 4 bridgehead atoms. The lowest BCUT2D eigenvalue weighted by Crippen LogP contribution is -2.55. The zero-order valence-corrected chi connectivity index (χ0v) is 25.0. The van der Waals surface area contributed by atoms with Gasteiger partial charge in [0.15, 0.2) is 0 Å². The van der Waals surface area contributed by atoms with Gasteiger partial charge in [-0.3, -0.25) is 4.79 Å². The summed E-state index contributed by atoms with van der Waals surface area (Å²) in [5.41, 5.74) is 1.68. The molecule has 3 atom stereocenters. The number of para-hydroxylation sites is 1. The molecule has 43 heavy (non-hydrogen) atoms. The lowest BCUT2D eigenvalue weighted by molar-refractivity contribution is -0.149. The summed E-state index contributed by atoms with van der Waals surface area (Å²) in [5, 5.41) is 16.0. The number of ether oxygens (including phenoxy) is 2. The van der Waals surface area contributed by atoms with Crippen LogP contribution in [0.3, 0.4) is 0 Å². The first-order chi connectivity index (χ1) is 20.7. The maximum Gasteiger partial charge on any atom is 0.407 e. The van der Waals surface area contributed by atoms with Gasteiger partial charge in [0, 0.05) is 17.2 Å². The number of pyridine rings is 1. The second-order valence-electron chi connectivity index (χ2n) is 13.2. The molecule has 1 saturated carbocycles. The molecule has 2 N–H and O–H groups in total. The van der Waals surface area contributed by atoms with Crippen LogP contribution in [0.15, 0.2) is 42.5 Å². The monoisotopic (exact) mass is 587 g/mol. The number of carbonyl (C=O) groups is 3. The number of aromatic nitrogens is 1. The average molecular weight is 588 g/mol. The molecule has 0 radical (unpaired) electrons. The molecule has 3 aliphatic rings. The van der Waals surface area contributed by atoms with Gasteiger partial charge < -0.3 is 24.8 Å². The van der Waals surface area contributed by atoms with E-state index in [0.29, 0.717) is 5.88 Å². The number of carbonyl (C=O) groups excluding carboxylic acids is 2. The Hall–Kier alpha value is -3.88. The van der Waals surface area contributed by atoms with E-state index in [1.54, 1.807) is 0 Å². The fraction of sp³-hybridized carbons (Fsp3) is 0.529. The number of nitrogens with one attached hydrogen (secondary N) is 1. The molecule has 1 aliphatic carbocycles. The molecule has 9 nitrogen and oxygen atoms in total. The number of carboxylic acids is 1. The fourth-order valence-electron chi connectivity index (χ4n) is 7.04. The summed E-state index contributed by atoms with van der Waals surface area (Å²) in [4.78, 5) is 45.9. The summed E-state index contributed by atoms with van der Waals surface area (Å²) in [6.07, 6.45) is 6.14. The largest absolute Gasteiger partial charge is 0.480 e. The maximum absolute atomic E-state index is 14.1. The number of alkyl carbamates (subject to hydrolysis) is 1. The number of nitrogens with zero attached hydrogens (tertiary/aromatic N) is 2. The normalized spacial score (nSPS) is 25.5. The van der Waals surface area contributed by atoms with E-state index >= 15 is 0 Å². The van der Waals surface area contributed by atoms with Crippen molar-refractivity contribution in [3.05, 3.63) is 48.0 Å². The van der Waals surface area contributed by atoms with Crippen molar-refractivity contribution >= 4 is 39.6 Å². The molecule has 1 saturated heterocycles. The minimum atomic E-state index is -1.09. The van der Waals surface area contributed by atoms with Crippen LogP contribution in [0.1, 0.15) is 70.8 Å². The number of cyclic esters (lactones) is 1. The predicted molar refractivity (Wildman–Crippen MR) is 163 cm³/mol. The van der Waals surface area contributed by atoms with Crippen molar-refractivity contribution in [1.82, 2.24) is 15.2 Å². The minimum absolute atomic E-state index is 0.0775. The summed E-state index contributed by atoms with van der Waals surface area (Å²) in [6.45, 7) is 4.47. The number of carboxylic acid groups (broad SMARTS) is 1. The number of aliphatic carboxylic acids is 1. The van der Waals surface area contributed by atoms with Gasteiger partial charge in [0.05, 0.1) is 18.7 Å². The molecule has 2 fully saturated rings. The first-order valence-electron chi connectivity index (χ1n) is 15.6. The molecule has 0 unspecified atom stereocenters. The second kappa shape index (κ2) is 12.0. The molecular formula is C34H41N3O6. The average Bonchev–Trinajstić information content (AvgIpc) is 3.43. The predicted octanol–water partition coefficient (Wildman–Crippen LogP) is 5.86. The fourth-order valence-corrected chi connectivity index (χ4v) is 7.04. The van der Waals surface area contributed by atoms with Crippen LogP contribution in [0.5, 0.6) is 5.88 Å². The van der Waals surface area contributed by atoms with E-state index in [1.165, 1.54) is 4.90 Å². The van der Waals surface area contributed by atoms with E-state index in [4.69, 9.17) is 14.5 Å². The molecule has 2 aromatic carbocycles. The highest BCUT2D eigenvalue weighted by Crippen LogP contribution is 2.35. The first-order valence-corrected chi connectivity index (χ1v) is 15.6. The lowest BCUT2D eigenvalue weighted by Gasteiger charge is -2.34. The standard InChI is InChI=1S/C34H41N3O6/c1-34(2)16-8-9-21-14-15-24-25-12-6-7-13-27(25)35-30(26(24)17-21)43-23-18-28(32(39)40)37(19-23)31(38)29(36-33(41)42-20-34)22-10-4-3-5-11-22/h6-7,12-15,17,22-23,28-29H,3-5,8-11,16,18-20H2,1-2H3,(H,36,41)(H,39,40)/t23-,28+,29+/m1/s1. The van der Waals surface area contributed by atoms with Crippen LogP contribution in [0.25, 0.3) is 21.7 Å². The van der Waals surface area contributed by atoms with Crippen LogP contribution in [-0.4, -0.2) is 64.3 Å². The van der Waals surface area contributed by atoms with Gasteiger partial charge in [-0.25, -0.2) is 14.6 Å².